The van der Waals surface area contributed by atoms with E-state index in [0.717, 1.165) is 11.3 Å². The molecule has 0 amide bonds. The van der Waals surface area contributed by atoms with Crippen LogP contribution in [0.3, 0.4) is 0 Å². The number of nitrogens with zero attached hydrogens (tertiary/aromatic N) is 4. The molecule has 0 aliphatic heterocycles. The van der Waals surface area contributed by atoms with Crippen molar-refractivity contribution in [2.75, 3.05) is 0 Å². The maximum atomic E-state index is 13.0. The van der Waals surface area contributed by atoms with Crippen LogP contribution in [0.2, 0.25) is 0 Å². The van der Waals surface area contributed by atoms with Crippen molar-refractivity contribution in [1.29, 1.82) is 0 Å². The minimum atomic E-state index is -0.697. The molecule has 2 aromatic carbocycles. The van der Waals surface area contributed by atoms with E-state index >= 15 is 0 Å². The fourth-order valence-electron chi connectivity index (χ4n) is 3.63. The number of hydrogen-bond donors (Lipinski definition) is 0. The second-order valence-electron chi connectivity index (χ2n) is 7.50. The van der Waals surface area contributed by atoms with Gasteiger partial charge in [0, 0.05) is 22.5 Å². The molecule has 5 aromatic rings. The Morgan fingerprint density at radius 1 is 1.03 bits per heavy atom. The molecule has 0 atom stereocenters. The number of carbonyl (C=O) groups is 1. The first-order valence-corrected chi connectivity index (χ1v) is 11.1. The van der Waals surface area contributed by atoms with E-state index in [1.165, 1.54) is 26.5 Å². The van der Waals surface area contributed by atoms with Crippen LogP contribution in [-0.4, -0.2) is 25.1 Å². The average molecular weight is 458 g/mol. The van der Waals surface area contributed by atoms with Gasteiger partial charge in [0.25, 0.3) is 11.1 Å². The van der Waals surface area contributed by atoms with Crippen molar-refractivity contribution in [3.63, 3.8) is 0 Å². The lowest BCUT2D eigenvalue weighted by molar-refractivity contribution is 0.0460. The molecule has 0 fully saturated rings. The quantitative estimate of drug-likeness (QED) is 0.376. The summed E-state index contributed by atoms with van der Waals surface area (Å²) in [6.07, 6.45) is 0. The number of ether oxygens (including phenoxy) is 1. The third-order valence-electron chi connectivity index (χ3n) is 5.22. The zero-order valence-electron chi connectivity index (χ0n) is 17.6. The largest absolute Gasteiger partial charge is 0.454 e. The van der Waals surface area contributed by atoms with E-state index in [1.54, 1.807) is 24.3 Å². The lowest BCUT2D eigenvalue weighted by atomic mass is 10.1. The Morgan fingerprint density at radius 3 is 2.55 bits per heavy atom. The molecule has 8 nitrogen and oxygen atoms in total. The standard InChI is InChI=1S/C24H18N4O4S/c1-15-14-33-24-25-17(11-20(29)28(15)24)13-32-23(31)21-18-9-5-6-10-19(18)22(30)27(26-21)12-16-7-3-2-4-8-16/h2-11,14H,12-13H2,1H3. The second kappa shape index (κ2) is 8.44. The number of rotatable bonds is 5. The summed E-state index contributed by atoms with van der Waals surface area (Å²) in [6, 6.07) is 17.5. The van der Waals surface area contributed by atoms with Crippen LogP contribution in [0.4, 0.5) is 0 Å². The maximum Gasteiger partial charge on any atom is 0.359 e. The van der Waals surface area contributed by atoms with Crippen LogP contribution in [0.15, 0.2) is 75.6 Å². The van der Waals surface area contributed by atoms with E-state index in [2.05, 4.69) is 10.1 Å². The summed E-state index contributed by atoms with van der Waals surface area (Å²) in [5.41, 5.74) is 1.53. The fourth-order valence-corrected chi connectivity index (χ4v) is 4.52. The minimum absolute atomic E-state index is 0.0332. The Labute approximate surface area is 191 Å². The van der Waals surface area contributed by atoms with E-state index in [9.17, 15) is 14.4 Å². The summed E-state index contributed by atoms with van der Waals surface area (Å²) in [4.78, 5) is 43.2. The molecule has 0 unspecified atom stereocenters. The van der Waals surface area contributed by atoms with Gasteiger partial charge in [-0.15, -0.1) is 11.3 Å². The number of fused-ring (bicyclic) bond motifs is 2. The van der Waals surface area contributed by atoms with Crippen LogP contribution >= 0.6 is 11.3 Å². The Hall–Kier alpha value is -4.11. The molecule has 0 saturated heterocycles. The number of thiazole rings is 1. The van der Waals surface area contributed by atoms with Crippen molar-refractivity contribution in [3.8, 4) is 0 Å². The molecule has 0 saturated carbocycles. The number of aromatic nitrogens is 4. The molecule has 0 spiro atoms. The van der Waals surface area contributed by atoms with Gasteiger partial charge < -0.3 is 4.74 Å². The minimum Gasteiger partial charge on any atom is -0.454 e. The van der Waals surface area contributed by atoms with Crippen molar-refractivity contribution >= 4 is 33.0 Å². The summed E-state index contributed by atoms with van der Waals surface area (Å²) in [7, 11) is 0. The molecular weight excluding hydrogens is 440 g/mol. The summed E-state index contributed by atoms with van der Waals surface area (Å²) in [5.74, 6) is -0.697. The van der Waals surface area contributed by atoms with Crippen LogP contribution in [0.25, 0.3) is 15.7 Å². The molecule has 0 aliphatic rings. The highest BCUT2D eigenvalue weighted by Gasteiger charge is 2.19. The van der Waals surface area contributed by atoms with Crippen LogP contribution in [0.5, 0.6) is 0 Å². The summed E-state index contributed by atoms with van der Waals surface area (Å²) < 4.78 is 8.22. The van der Waals surface area contributed by atoms with Crippen LogP contribution in [-0.2, 0) is 17.9 Å². The normalized spacial score (nSPS) is 11.2. The van der Waals surface area contributed by atoms with E-state index in [4.69, 9.17) is 4.74 Å². The van der Waals surface area contributed by atoms with Crippen molar-refractivity contribution in [2.45, 2.75) is 20.1 Å². The molecule has 3 heterocycles. The van der Waals surface area contributed by atoms with E-state index in [-0.39, 0.29) is 30.0 Å². The first kappa shape index (κ1) is 20.8. The fraction of sp³-hybridized carbons (Fsp3) is 0.125. The number of aryl methyl sites for hydroxylation is 1. The van der Waals surface area contributed by atoms with Crippen LogP contribution in [0.1, 0.15) is 27.4 Å². The lowest BCUT2D eigenvalue weighted by Gasteiger charge is -2.11. The predicted molar refractivity (Wildman–Crippen MR) is 125 cm³/mol. The Bertz CT molecular complexity index is 1620. The van der Waals surface area contributed by atoms with Crippen LogP contribution < -0.4 is 11.1 Å². The molecular formula is C24H18N4O4S. The van der Waals surface area contributed by atoms with Crippen LogP contribution in [0, 0.1) is 6.92 Å². The van der Waals surface area contributed by atoms with E-state index in [0.29, 0.717) is 21.4 Å². The summed E-state index contributed by atoms with van der Waals surface area (Å²) >= 11 is 1.34. The molecule has 3 aromatic heterocycles. The Morgan fingerprint density at radius 2 is 1.76 bits per heavy atom. The lowest BCUT2D eigenvalue weighted by Crippen LogP contribution is -2.27. The smallest absolute Gasteiger partial charge is 0.359 e. The van der Waals surface area contributed by atoms with Gasteiger partial charge in [-0.2, -0.15) is 5.10 Å². The van der Waals surface area contributed by atoms with Gasteiger partial charge in [0.05, 0.1) is 17.6 Å². The second-order valence-corrected chi connectivity index (χ2v) is 8.34. The van der Waals surface area contributed by atoms with Gasteiger partial charge >= 0.3 is 5.97 Å². The highest BCUT2D eigenvalue weighted by atomic mass is 32.1. The number of hydrogen-bond acceptors (Lipinski definition) is 7. The van der Waals surface area contributed by atoms with E-state index < -0.39 is 5.97 Å². The molecule has 33 heavy (non-hydrogen) atoms. The molecule has 5 rings (SSSR count). The van der Waals surface area contributed by atoms with E-state index in [1.807, 2.05) is 42.6 Å². The summed E-state index contributed by atoms with van der Waals surface area (Å²) in [5, 5.41) is 6.95. The molecule has 0 bridgehead atoms. The molecule has 0 N–H and O–H groups in total. The maximum absolute atomic E-state index is 13.0. The monoisotopic (exact) mass is 458 g/mol. The van der Waals surface area contributed by atoms with Crippen molar-refractivity contribution in [3.05, 3.63) is 109 Å². The molecule has 164 valence electrons. The van der Waals surface area contributed by atoms with Gasteiger partial charge in [-0.05, 0) is 18.6 Å². The SMILES string of the molecule is Cc1csc2nc(COC(=O)c3nn(Cc4ccccc4)c(=O)c4ccccc34)cc(=O)n12. The topological polar surface area (TPSA) is 95.6 Å². The third kappa shape index (κ3) is 3.94. The van der Waals surface area contributed by atoms with Gasteiger partial charge in [-0.1, -0.05) is 48.5 Å². The van der Waals surface area contributed by atoms with Gasteiger partial charge in [-0.25, -0.2) is 14.5 Å². The highest BCUT2D eigenvalue weighted by molar-refractivity contribution is 7.15. The van der Waals surface area contributed by atoms with Crippen molar-refractivity contribution in [2.24, 2.45) is 0 Å². The zero-order chi connectivity index (χ0) is 22.9. The zero-order valence-corrected chi connectivity index (χ0v) is 18.4. The first-order valence-electron chi connectivity index (χ1n) is 10.2. The van der Waals surface area contributed by atoms with Gasteiger partial charge in [0.15, 0.2) is 10.7 Å². The third-order valence-corrected chi connectivity index (χ3v) is 6.16. The Balaban J connectivity index is 1.48. The number of esters is 1. The highest BCUT2D eigenvalue weighted by Crippen LogP contribution is 2.16. The van der Waals surface area contributed by atoms with Gasteiger partial charge in [0.2, 0.25) is 0 Å². The van der Waals surface area contributed by atoms with Gasteiger partial charge in [-0.3, -0.25) is 14.0 Å². The average Bonchev–Trinajstić information content (AvgIpc) is 3.21. The number of benzene rings is 2. The predicted octanol–water partition coefficient (Wildman–Crippen LogP) is 3.18. The first-order chi connectivity index (χ1) is 16.0. The number of carbonyl (C=O) groups excluding carboxylic acids is 1. The van der Waals surface area contributed by atoms with Crippen molar-refractivity contribution < 1.29 is 9.53 Å². The van der Waals surface area contributed by atoms with Gasteiger partial charge in [0.1, 0.15) is 6.61 Å². The molecule has 9 heteroatoms. The van der Waals surface area contributed by atoms with Crippen molar-refractivity contribution in [1.82, 2.24) is 19.2 Å². The Kier molecular flexibility index (Phi) is 5.31. The molecule has 0 radical (unpaired) electrons. The summed E-state index contributed by atoms with van der Waals surface area (Å²) in [6.45, 7) is 1.86. The molecule has 0 aliphatic carbocycles.